The number of rotatable bonds is 11. The Morgan fingerprint density at radius 2 is 0.977 bits per heavy atom. The van der Waals surface area contributed by atoms with E-state index in [0.29, 0.717) is 0 Å². The van der Waals surface area contributed by atoms with E-state index in [9.17, 15) is 33.6 Å². The van der Waals surface area contributed by atoms with Crippen LogP contribution in [0.5, 0.6) is 0 Å². The van der Waals surface area contributed by atoms with Crippen LogP contribution >= 0.6 is 11.6 Å². The molecule has 2 amide bonds. The molecule has 0 bridgehead atoms. The maximum absolute atomic E-state index is 12.3. The van der Waals surface area contributed by atoms with Crippen molar-refractivity contribution in [3.05, 3.63) is 0 Å². The molecule has 44 heavy (non-hydrogen) atoms. The average Bonchev–Trinajstić information content (AvgIpc) is 2.87. The summed E-state index contributed by atoms with van der Waals surface area (Å²) in [4.78, 5) is 84.0. The third kappa shape index (κ3) is 10.9. The van der Waals surface area contributed by atoms with Crippen LogP contribution in [0.3, 0.4) is 0 Å². The topological polar surface area (TPSA) is 217 Å². The monoisotopic (exact) mass is 652 g/mol. The van der Waals surface area contributed by atoms with E-state index in [1.165, 1.54) is 6.92 Å². The number of amides is 2. The number of nitrogens with one attached hydrogen (secondary N) is 2. The molecule has 0 aromatic carbocycles. The van der Waals surface area contributed by atoms with Gasteiger partial charge in [-0.25, -0.2) is 0 Å². The zero-order valence-electron chi connectivity index (χ0n) is 25.2. The van der Waals surface area contributed by atoms with Crippen molar-refractivity contribution < 1.29 is 71.5 Å². The van der Waals surface area contributed by atoms with Crippen LogP contribution in [0.4, 0.5) is 0 Å². The Labute approximate surface area is 257 Å². The van der Waals surface area contributed by atoms with E-state index >= 15 is 0 Å². The van der Waals surface area contributed by atoms with E-state index in [-0.39, 0.29) is 0 Å². The van der Waals surface area contributed by atoms with Crippen LogP contribution in [-0.4, -0.2) is 115 Å². The quantitative estimate of drug-likeness (QED) is 0.155. The molecule has 2 heterocycles. The highest BCUT2D eigenvalue weighted by atomic mass is 35.5. The molecule has 0 aromatic rings. The second kappa shape index (κ2) is 16.5. The molecule has 2 aliphatic heterocycles. The summed E-state index contributed by atoms with van der Waals surface area (Å²) in [6, 6.07) is -2.59. The molecule has 18 heteroatoms. The Morgan fingerprint density at radius 3 is 1.41 bits per heavy atom. The molecule has 0 spiro atoms. The molecule has 0 unspecified atom stereocenters. The van der Waals surface area contributed by atoms with Crippen LogP contribution in [-0.2, 0) is 71.5 Å². The van der Waals surface area contributed by atoms with Crippen molar-refractivity contribution in [2.45, 2.75) is 109 Å². The van der Waals surface area contributed by atoms with Gasteiger partial charge in [0.05, 0.1) is 0 Å². The molecule has 0 aromatic heterocycles. The molecule has 17 nitrogen and oxygen atoms in total. The number of ether oxygens (including phenoxy) is 8. The minimum atomic E-state index is -1.62. The first kappa shape index (κ1) is 36.7. The summed E-state index contributed by atoms with van der Waals surface area (Å²) in [5.74, 6) is -5.08. The largest absolute Gasteiger partial charge is 0.463 e. The normalized spacial score (nSPS) is 31.5. The van der Waals surface area contributed by atoms with Gasteiger partial charge >= 0.3 is 29.8 Å². The van der Waals surface area contributed by atoms with Gasteiger partial charge in [0.1, 0.15) is 43.6 Å². The van der Waals surface area contributed by atoms with Crippen molar-refractivity contribution in [3.8, 4) is 0 Å². The fraction of sp³-hybridized carbons (Fsp3) is 0.731. The fourth-order valence-electron chi connectivity index (χ4n) is 4.67. The number of alkyl halides is 1. The number of halogens is 1. The van der Waals surface area contributed by atoms with Gasteiger partial charge in [0.2, 0.25) is 11.8 Å². The molecule has 10 atom stereocenters. The predicted octanol–water partition coefficient (Wildman–Crippen LogP) is -1.01. The number of hydrogen-bond donors (Lipinski definition) is 2. The molecule has 0 aliphatic carbocycles. The van der Waals surface area contributed by atoms with E-state index in [2.05, 4.69) is 10.6 Å². The van der Waals surface area contributed by atoms with Gasteiger partial charge in [0.15, 0.2) is 30.2 Å². The molecular weight excluding hydrogens is 616 g/mol. The SMILES string of the molecule is CC(=O)N[C@@H]1[C@@H](OC(C)=O)[C@H](O[C@H]2O[C@H](COC(C)=O)[C@@H](OC(C)=O)[C@H](OC(C)=O)[C@H]2NC(C)=O)[C@@H](COC(C)=O)O[C@@H]1Cl. The maximum Gasteiger partial charge on any atom is 0.303 e. The second-order valence-corrected chi connectivity index (χ2v) is 10.4. The van der Waals surface area contributed by atoms with Crippen LogP contribution in [0.2, 0.25) is 0 Å². The van der Waals surface area contributed by atoms with E-state index in [0.717, 1.165) is 41.5 Å². The third-order valence-corrected chi connectivity index (χ3v) is 6.49. The van der Waals surface area contributed by atoms with E-state index < -0.39 is 115 Å². The summed E-state index contributed by atoms with van der Waals surface area (Å²) in [6.07, 6.45) is -9.87. The van der Waals surface area contributed by atoms with Crippen molar-refractivity contribution in [2.24, 2.45) is 0 Å². The standard InChI is InChI=1S/C26H37ClN2O15/c1-10(30)28-19-23(40-15(6)35)22(17(42-25(19)27)8-37-12(3)32)44-26-20(29-11(2)31)24(41-16(7)36)21(39-14(5)34)18(43-26)9-38-13(4)33/h17-26H,8-9H2,1-7H3,(H,28,30)(H,29,31)/t17-,18-,19-,20-,21-,22-,23-,24-,25+,26-/m1/s1. The highest BCUT2D eigenvalue weighted by Gasteiger charge is 2.55. The summed E-state index contributed by atoms with van der Waals surface area (Å²) in [5, 5.41) is 5.08. The first-order chi connectivity index (χ1) is 20.5. The van der Waals surface area contributed by atoms with Gasteiger partial charge in [-0.2, -0.15) is 0 Å². The van der Waals surface area contributed by atoms with Gasteiger partial charge in [-0.3, -0.25) is 33.6 Å². The number of hydrogen-bond acceptors (Lipinski definition) is 15. The van der Waals surface area contributed by atoms with E-state index in [1.54, 1.807) is 0 Å². The lowest BCUT2D eigenvalue weighted by molar-refractivity contribution is -0.314. The van der Waals surface area contributed by atoms with Crippen molar-refractivity contribution in [2.75, 3.05) is 13.2 Å². The predicted molar refractivity (Wildman–Crippen MR) is 143 cm³/mol. The number of carbonyl (C=O) groups is 7. The van der Waals surface area contributed by atoms with Crippen molar-refractivity contribution in [3.63, 3.8) is 0 Å². The van der Waals surface area contributed by atoms with Crippen molar-refractivity contribution in [1.82, 2.24) is 10.6 Å². The zero-order chi connectivity index (χ0) is 33.3. The highest BCUT2D eigenvalue weighted by molar-refractivity contribution is 6.20. The maximum atomic E-state index is 12.3. The van der Waals surface area contributed by atoms with Gasteiger partial charge in [0.25, 0.3) is 0 Å². The Balaban J connectivity index is 2.66. The molecule has 248 valence electrons. The Morgan fingerprint density at radius 1 is 0.568 bits per heavy atom. The molecule has 0 radical (unpaired) electrons. The van der Waals surface area contributed by atoms with Gasteiger partial charge in [0, 0.05) is 48.5 Å². The average molecular weight is 653 g/mol. The molecule has 2 N–H and O–H groups in total. The molecule has 2 saturated heterocycles. The Hall–Kier alpha value is -3.54. The van der Waals surface area contributed by atoms with Gasteiger partial charge in [-0.05, 0) is 0 Å². The van der Waals surface area contributed by atoms with Gasteiger partial charge in [-0.1, -0.05) is 11.6 Å². The van der Waals surface area contributed by atoms with Crippen LogP contribution < -0.4 is 10.6 Å². The third-order valence-electron chi connectivity index (χ3n) is 6.12. The Bertz CT molecular complexity index is 1100. The second-order valence-electron chi connectivity index (χ2n) is 9.95. The highest BCUT2D eigenvalue weighted by Crippen LogP contribution is 2.34. The van der Waals surface area contributed by atoms with Gasteiger partial charge in [-0.15, -0.1) is 0 Å². The first-order valence-electron chi connectivity index (χ1n) is 13.4. The lowest BCUT2D eigenvalue weighted by Gasteiger charge is -2.49. The summed E-state index contributed by atoms with van der Waals surface area (Å²) >= 11 is 6.40. The molecule has 0 saturated carbocycles. The molecule has 2 fully saturated rings. The molecule has 2 rings (SSSR count). The van der Waals surface area contributed by atoms with E-state index in [4.69, 9.17) is 49.5 Å². The fourth-order valence-corrected chi connectivity index (χ4v) is 5.01. The minimum Gasteiger partial charge on any atom is -0.463 e. The van der Waals surface area contributed by atoms with Gasteiger partial charge < -0.3 is 48.5 Å². The Kier molecular flexibility index (Phi) is 13.8. The van der Waals surface area contributed by atoms with Crippen LogP contribution in [0, 0.1) is 0 Å². The lowest BCUT2D eigenvalue weighted by atomic mass is 9.94. The van der Waals surface area contributed by atoms with Crippen LogP contribution in [0.25, 0.3) is 0 Å². The molecular formula is C26H37ClN2O15. The zero-order valence-corrected chi connectivity index (χ0v) is 25.9. The van der Waals surface area contributed by atoms with Crippen LogP contribution in [0.15, 0.2) is 0 Å². The number of carbonyl (C=O) groups excluding carboxylic acids is 7. The summed E-state index contributed by atoms with van der Waals surface area (Å²) in [6.45, 7) is 6.85. The van der Waals surface area contributed by atoms with Crippen molar-refractivity contribution >= 4 is 53.3 Å². The smallest absolute Gasteiger partial charge is 0.303 e. The van der Waals surface area contributed by atoms with Crippen molar-refractivity contribution in [1.29, 1.82) is 0 Å². The van der Waals surface area contributed by atoms with Crippen LogP contribution in [0.1, 0.15) is 48.5 Å². The number of esters is 5. The summed E-state index contributed by atoms with van der Waals surface area (Å²) in [5.41, 5.74) is -1.30. The summed E-state index contributed by atoms with van der Waals surface area (Å²) in [7, 11) is 0. The molecule has 2 aliphatic rings. The van der Waals surface area contributed by atoms with E-state index in [1.807, 2.05) is 0 Å². The lowest BCUT2D eigenvalue weighted by Crippen LogP contribution is -2.70. The first-order valence-corrected chi connectivity index (χ1v) is 13.9. The minimum absolute atomic E-state index is 0.467. The summed E-state index contributed by atoms with van der Waals surface area (Å²) < 4.78 is 44.6.